The van der Waals surface area contributed by atoms with E-state index in [-0.39, 0.29) is 12.3 Å². The fraction of sp³-hybridized carbons (Fsp3) is 0.706. The number of carbonyl (C=O) groups excluding carboxylic acids is 2. The zero-order valence-corrected chi connectivity index (χ0v) is 15.1. The van der Waals surface area contributed by atoms with E-state index in [0.29, 0.717) is 6.42 Å². The van der Waals surface area contributed by atoms with E-state index in [4.69, 9.17) is 5.21 Å². The maximum atomic E-state index is 12.7. The molecule has 3 atom stereocenters. The van der Waals surface area contributed by atoms with Crippen LogP contribution in [0.25, 0.3) is 0 Å². The summed E-state index contributed by atoms with van der Waals surface area (Å²) in [5, 5.41) is 20.9. The molecule has 7 heteroatoms. The molecular weight excluding hydrogens is 312 g/mol. The van der Waals surface area contributed by atoms with E-state index in [1.807, 2.05) is 13.8 Å². The molecule has 4 N–H and O–H groups in total. The minimum Gasteiger partial charge on any atom is -0.480 e. The molecule has 138 valence electrons. The first-order valence-corrected chi connectivity index (χ1v) is 8.03. The van der Waals surface area contributed by atoms with Gasteiger partial charge in [-0.1, -0.05) is 40.7 Å². The Balaban J connectivity index is 5.56. The molecule has 0 aliphatic rings. The molecule has 0 heterocycles. The molecular formula is C17H30N2O5. The van der Waals surface area contributed by atoms with Gasteiger partial charge < -0.3 is 10.4 Å². The van der Waals surface area contributed by atoms with Crippen molar-refractivity contribution in [2.24, 2.45) is 23.2 Å². The average molecular weight is 342 g/mol. The van der Waals surface area contributed by atoms with Gasteiger partial charge in [0.25, 0.3) is 0 Å². The Morgan fingerprint density at radius 2 is 1.67 bits per heavy atom. The van der Waals surface area contributed by atoms with Gasteiger partial charge in [-0.15, -0.1) is 6.58 Å². The number of nitrogens with one attached hydrogen (secondary N) is 2. The van der Waals surface area contributed by atoms with Crippen LogP contribution in [0.4, 0.5) is 0 Å². The molecule has 0 radical (unpaired) electrons. The monoisotopic (exact) mass is 342 g/mol. The molecule has 0 aromatic heterocycles. The van der Waals surface area contributed by atoms with Crippen LogP contribution < -0.4 is 10.8 Å². The van der Waals surface area contributed by atoms with E-state index >= 15 is 0 Å². The predicted molar refractivity (Wildman–Crippen MR) is 90.2 cm³/mol. The minimum absolute atomic E-state index is 0.109. The topological polar surface area (TPSA) is 116 Å². The van der Waals surface area contributed by atoms with Gasteiger partial charge in [0, 0.05) is 0 Å². The van der Waals surface area contributed by atoms with Crippen LogP contribution in [0, 0.1) is 23.2 Å². The molecule has 2 amide bonds. The van der Waals surface area contributed by atoms with Crippen molar-refractivity contribution in [2.45, 2.75) is 53.5 Å². The molecule has 0 aliphatic carbocycles. The quantitative estimate of drug-likeness (QED) is 0.290. The Morgan fingerprint density at radius 3 is 2.00 bits per heavy atom. The molecule has 0 rings (SSSR count). The Hall–Kier alpha value is -1.89. The number of rotatable bonds is 9. The first kappa shape index (κ1) is 22.1. The van der Waals surface area contributed by atoms with Gasteiger partial charge in [0.15, 0.2) is 0 Å². The molecule has 0 unspecified atom stereocenters. The minimum atomic E-state index is -1.13. The summed E-state index contributed by atoms with van der Waals surface area (Å²) in [5.74, 6) is -3.80. The van der Waals surface area contributed by atoms with E-state index < -0.39 is 41.1 Å². The third-order valence-electron chi connectivity index (χ3n) is 3.81. The summed E-state index contributed by atoms with van der Waals surface area (Å²) >= 11 is 0. The second-order valence-electron chi connectivity index (χ2n) is 7.49. The highest BCUT2D eigenvalue weighted by Crippen LogP contribution is 2.26. The molecule has 24 heavy (non-hydrogen) atoms. The normalized spacial score (nSPS) is 15.3. The standard InChI is InChI=1S/C17H30N2O5/c1-7-8-11(15(21)19-24)12(9-10(2)3)14(20)18-13(16(22)23)17(4,5)6/h7,10-13,24H,1,8-9H2,2-6H3,(H,18,20)(H,19,21)(H,22,23)/t11-,12+,13+/m0/s1. The highest BCUT2D eigenvalue weighted by Gasteiger charge is 2.38. The zero-order valence-electron chi connectivity index (χ0n) is 15.1. The van der Waals surface area contributed by atoms with Crippen LogP contribution in [-0.4, -0.2) is 34.1 Å². The van der Waals surface area contributed by atoms with Crippen molar-refractivity contribution >= 4 is 17.8 Å². The second-order valence-corrected chi connectivity index (χ2v) is 7.49. The van der Waals surface area contributed by atoms with E-state index in [0.717, 1.165) is 0 Å². The van der Waals surface area contributed by atoms with Gasteiger partial charge in [0.05, 0.1) is 11.8 Å². The van der Waals surface area contributed by atoms with Gasteiger partial charge in [0.1, 0.15) is 6.04 Å². The van der Waals surface area contributed by atoms with E-state index in [9.17, 15) is 19.5 Å². The summed E-state index contributed by atoms with van der Waals surface area (Å²) in [6.07, 6.45) is 2.08. The molecule has 0 bridgehead atoms. The highest BCUT2D eigenvalue weighted by atomic mass is 16.5. The van der Waals surface area contributed by atoms with Gasteiger partial charge in [-0.3, -0.25) is 14.8 Å². The second kappa shape index (κ2) is 9.42. The number of hydrogen-bond acceptors (Lipinski definition) is 4. The lowest BCUT2D eigenvalue weighted by molar-refractivity contribution is -0.147. The first-order chi connectivity index (χ1) is 10.9. The van der Waals surface area contributed by atoms with Gasteiger partial charge >= 0.3 is 5.97 Å². The lowest BCUT2D eigenvalue weighted by atomic mass is 9.81. The maximum absolute atomic E-state index is 12.7. The van der Waals surface area contributed by atoms with Crippen molar-refractivity contribution < 1.29 is 24.7 Å². The Bertz CT molecular complexity index is 468. The number of allylic oxidation sites excluding steroid dienone is 1. The lowest BCUT2D eigenvalue weighted by Gasteiger charge is -2.31. The van der Waals surface area contributed by atoms with Gasteiger partial charge in [-0.05, 0) is 24.2 Å². The molecule has 0 fully saturated rings. The smallest absolute Gasteiger partial charge is 0.326 e. The number of carbonyl (C=O) groups is 3. The summed E-state index contributed by atoms with van der Waals surface area (Å²) in [7, 11) is 0. The van der Waals surface area contributed by atoms with Crippen molar-refractivity contribution in [2.75, 3.05) is 0 Å². The summed E-state index contributed by atoms with van der Waals surface area (Å²) < 4.78 is 0. The van der Waals surface area contributed by atoms with Crippen molar-refractivity contribution in [1.82, 2.24) is 10.8 Å². The van der Waals surface area contributed by atoms with E-state index in [2.05, 4.69) is 11.9 Å². The number of amides is 2. The number of hydrogen-bond donors (Lipinski definition) is 4. The van der Waals surface area contributed by atoms with Gasteiger partial charge in [-0.2, -0.15) is 0 Å². The third-order valence-corrected chi connectivity index (χ3v) is 3.81. The van der Waals surface area contributed by atoms with Crippen LogP contribution >= 0.6 is 0 Å². The third kappa shape index (κ3) is 6.70. The van der Waals surface area contributed by atoms with Crippen LogP contribution in [0.15, 0.2) is 12.7 Å². The number of hydroxylamine groups is 1. The predicted octanol–water partition coefficient (Wildman–Crippen LogP) is 1.96. The summed E-state index contributed by atoms with van der Waals surface area (Å²) in [5.41, 5.74) is 0.898. The molecule has 0 aromatic carbocycles. The summed E-state index contributed by atoms with van der Waals surface area (Å²) in [4.78, 5) is 36.1. The Morgan fingerprint density at radius 1 is 1.12 bits per heavy atom. The Kier molecular flexibility index (Phi) is 8.67. The molecule has 0 saturated carbocycles. The van der Waals surface area contributed by atoms with E-state index in [1.54, 1.807) is 26.3 Å². The number of carboxylic acid groups (broad SMARTS) is 1. The van der Waals surface area contributed by atoms with Crippen molar-refractivity contribution in [3.63, 3.8) is 0 Å². The zero-order chi connectivity index (χ0) is 19.1. The fourth-order valence-corrected chi connectivity index (χ4v) is 2.58. The number of carboxylic acids is 1. The molecule has 0 aromatic rings. The first-order valence-electron chi connectivity index (χ1n) is 8.03. The Labute approximate surface area is 143 Å². The highest BCUT2D eigenvalue weighted by molar-refractivity contribution is 5.90. The van der Waals surface area contributed by atoms with Crippen LogP contribution in [-0.2, 0) is 14.4 Å². The van der Waals surface area contributed by atoms with Crippen molar-refractivity contribution in [3.05, 3.63) is 12.7 Å². The van der Waals surface area contributed by atoms with E-state index in [1.165, 1.54) is 6.08 Å². The summed E-state index contributed by atoms with van der Waals surface area (Å²) in [6, 6.07) is -1.08. The van der Waals surface area contributed by atoms with Gasteiger partial charge in [0.2, 0.25) is 11.8 Å². The average Bonchev–Trinajstić information content (AvgIpc) is 2.45. The molecule has 0 saturated heterocycles. The SMILES string of the molecule is C=CC[C@H](C(=O)NO)[C@@H](CC(C)C)C(=O)N[C@H](C(=O)O)C(C)(C)C. The number of aliphatic carboxylic acids is 1. The largest absolute Gasteiger partial charge is 0.480 e. The van der Waals surface area contributed by atoms with Gasteiger partial charge in [-0.25, -0.2) is 10.3 Å². The molecule has 0 aliphatic heterocycles. The van der Waals surface area contributed by atoms with Crippen LogP contribution in [0.1, 0.15) is 47.5 Å². The lowest BCUT2D eigenvalue weighted by Crippen LogP contribution is -2.52. The molecule has 7 nitrogen and oxygen atoms in total. The maximum Gasteiger partial charge on any atom is 0.326 e. The van der Waals surface area contributed by atoms with Crippen molar-refractivity contribution in [3.8, 4) is 0 Å². The fourth-order valence-electron chi connectivity index (χ4n) is 2.58. The van der Waals surface area contributed by atoms with Crippen molar-refractivity contribution in [1.29, 1.82) is 0 Å². The molecule has 0 spiro atoms. The van der Waals surface area contributed by atoms with Crippen LogP contribution in [0.2, 0.25) is 0 Å². The van der Waals surface area contributed by atoms with Crippen LogP contribution in [0.5, 0.6) is 0 Å². The summed E-state index contributed by atoms with van der Waals surface area (Å²) in [6.45, 7) is 12.5. The van der Waals surface area contributed by atoms with Crippen LogP contribution in [0.3, 0.4) is 0 Å².